The fourth-order valence-electron chi connectivity index (χ4n) is 4.92. The van der Waals surface area contributed by atoms with Gasteiger partial charge in [0.05, 0.1) is 12.5 Å². The van der Waals surface area contributed by atoms with Gasteiger partial charge in [-0.2, -0.15) is 0 Å². The van der Waals surface area contributed by atoms with Crippen LogP contribution in [0.3, 0.4) is 0 Å². The minimum Gasteiger partial charge on any atom is -0.496 e. The van der Waals surface area contributed by atoms with E-state index in [1.807, 2.05) is 42.5 Å². The van der Waals surface area contributed by atoms with E-state index in [2.05, 4.69) is 36.3 Å². The molecule has 1 N–H and O–H groups in total. The molecule has 178 valence electrons. The molecule has 34 heavy (non-hydrogen) atoms. The normalized spacial score (nSPS) is 20.6. The van der Waals surface area contributed by atoms with Gasteiger partial charge in [-0.3, -0.25) is 14.7 Å². The third-order valence-corrected chi connectivity index (χ3v) is 7.16. The fraction of sp³-hybridized carbons (Fsp3) is 0.407. The minimum absolute atomic E-state index is 0.0137. The molecule has 0 saturated heterocycles. The van der Waals surface area contributed by atoms with Crippen molar-refractivity contribution >= 4 is 11.7 Å². The second kappa shape index (κ2) is 9.14. The first kappa shape index (κ1) is 22.5. The number of methoxy groups -OCH3 is 1. The molecule has 2 aromatic rings. The number of nitrogens with one attached hydrogen (secondary N) is 1. The lowest BCUT2D eigenvalue weighted by Gasteiger charge is -2.34. The molecule has 7 heteroatoms. The Hall–Kier alpha value is -3.32. The number of carbonyl (C=O) groups excluding carboxylic acids is 1. The van der Waals surface area contributed by atoms with Crippen LogP contribution in [0.5, 0.6) is 17.2 Å². The van der Waals surface area contributed by atoms with E-state index < -0.39 is 5.41 Å². The molecule has 2 unspecified atom stereocenters. The highest BCUT2D eigenvalue weighted by atomic mass is 16.7. The van der Waals surface area contributed by atoms with Crippen molar-refractivity contribution in [1.29, 1.82) is 0 Å². The number of hydrogen-bond donors (Lipinski definition) is 1. The monoisotopic (exact) mass is 461 g/mol. The van der Waals surface area contributed by atoms with Gasteiger partial charge in [-0.1, -0.05) is 37.3 Å². The molecular weight excluding hydrogens is 430 g/mol. The van der Waals surface area contributed by atoms with Crippen LogP contribution in [0.25, 0.3) is 0 Å². The standard InChI is InChI=1S/C27H31N3O4/c1-4-30(2)25(20-7-5-6-8-21(20)32-3)18-9-12-24(28-16-18)29-26(31)27(13-14-27)19-10-11-22-23(15-19)34-17-33-22/h5-12,15,18,25H,4,13-14,16-17H2,1-3H3,(H,28,29,31). The quantitative estimate of drug-likeness (QED) is 0.678. The summed E-state index contributed by atoms with van der Waals surface area (Å²) >= 11 is 0. The predicted molar refractivity (Wildman–Crippen MR) is 131 cm³/mol. The number of aliphatic imine (C=N–C) groups is 1. The number of hydrogen-bond acceptors (Lipinski definition) is 6. The summed E-state index contributed by atoms with van der Waals surface area (Å²) in [4.78, 5) is 20.3. The molecule has 2 heterocycles. The summed E-state index contributed by atoms with van der Waals surface area (Å²) in [6, 6.07) is 14.1. The number of amides is 1. The molecule has 0 bridgehead atoms. The van der Waals surface area contributed by atoms with Gasteiger partial charge in [-0.15, -0.1) is 0 Å². The second-order valence-electron chi connectivity index (χ2n) is 9.11. The zero-order valence-electron chi connectivity index (χ0n) is 19.9. The molecule has 3 aliphatic rings. The Morgan fingerprint density at radius 3 is 2.74 bits per heavy atom. The highest BCUT2D eigenvalue weighted by Gasteiger charge is 2.52. The molecule has 5 rings (SSSR count). The largest absolute Gasteiger partial charge is 0.496 e. The Morgan fingerprint density at radius 2 is 2.03 bits per heavy atom. The number of fused-ring (bicyclic) bond motifs is 1. The van der Waals surface area contributed by atoms with Crippen LogP contribution in [0.15, 0.2) is 59.6 Å². The van der Waals surface area contributed by atoms with Crippen molar-refractivity contribution in [2.45, 2.75) is 31.2 Å². The van der Waals surface area contributed by atoms with Crippen molar-refractivity contribution in [3.63, 3.8) is 0 Å². The molecule has 1 fully saturated rings. The number of carbonyl (C=O) groups is 1. The summed E-state index contributed by atoms with van der Waals surface area (Å²) in [7, 11) is 3.83. The van der Waals surface area contributed by atoms with Crippen molar-refractivity contribution in [3.05, 3.63) is 65.7 Å². The Labute approximate surface area is 200 Å². The number of rotatable bonds is 7. The molecule has 0 aromatic heterocycles. The van der Waals surface area contributed by atoms with E-state index >= 15 is 0 Å². The van der Waals surface area contributed by atoms with Crippen LogP contribution in [0.4, 0.5) is 0 Å². The van der Waals surface area contributed by atoms with Gasteiger partial charge in [-0.05, 0) is 56.3 Å². The van der Waals surface area contributed by atoms with Crippen LogP contribution < -0.4 is 19.5 Å². The summed E-state index contributed by atoms with van der Waals surface area (Å²) in [6.07, 6.45) is 5.73. The highest BCUT2D eigenvalue weighted by Crippen LogP contribution is 2.50. The lowest BCUT2D eigenvalue weighted by molar-refractivity contribution is -0.122. The lowest BCUT2D eigenvalue weighted by Crippen LogP contribution is -2.40. The SMILES string of the molecule is CCN(C)C(c1ccccc1OC)C1C=CC(NC(=O)C2(c3ccc4c(c3)OCO4)CC2)=NC1. The maximum atomic E-state index is 13.2. The van der Waals surface area contributed by atoms with Crippen LogP contribution in [0.1, 0.15) is 36.9 Å². The molecule has 0 spiro atoms. The first-order valence-electron chi connectivity index (χ1n) is 11.8. The van der Waals surface area contributed by atoms with Gasteiger partial charge >= 0.3 is 0 Å². The molecule has 7 nitrogen and oxygen atoms in total. The summed E-state index contributed by atoms with van der Waals surface area (Å²) in [5.74, 6) is 3.09. The number of para-hydroxylation sites is 1. The molecule has 2 aromatic carbocycles. The van der Waals surface area contributed by atoms with E-state index in [4.69, 9.17) is 19.2 Å². The van der Waals surface area contributed by atoms with Gasteiger partial charge in [0, 0.05) is 24.1 Å². The molecule has 1 amide bonds. The van der Waals surface area contributed by atoms with Crippen molar-refractivity contribution in [3.8, 4) is 17.2 Å². The fourth-order valence-corrected chi connectivity index (χ4v) is 4.92. The van der Waals surface area contributed by atoms with E-state index in [-0.39, 0.29) is 24.7 Å². The molecule has 1 saturated carbocycles. The number of benzene rings is 2. The first-order valence-corrected chi connectivity index (χ1v) is 11.8. The predicted octanol–water partition coefficient (Wildman–Crippen LogP) is 3.85. The summed E-state index contributed by atoms with van der Waals surface area (Å²) in [5.41, 5.74) is 1.59. The average molecular weight is 462 g/mol. The zero-order chi connectivity index (χ0) is 23.7. The Balaban J connectivity index is 1.29. The first-order chi connectivity index (χ1) is 16.6. The third-order valence-electron chi connectivity index (χ3n) is 7.16. The van der Waals surface area contributed by atoms with Gasteiger partial charge in [0.1, 0.15) is 11.6 Å². The Morgan fingerprint density at radius 1 is 1.24 bits per heavy atom. The molecule has 2 aliphatic heterocycles. The van der Waals surface area contributed by atoms with E-state index in [1.54, 1.807) is 7.11 Å². The molecule has 2 atom stereocenters. The maximum Gasteiger partial charge on any atom is 0.236 e. The van der Waals surface area contributed by atoms with Crippen LogP contribution in [0.2, 0.25) is 0 Å². The number of dihydropyridines is 1. The highest BCUT2D eigenvalue weighted by molar-refractivity contribution is 6.08. The number of nitrogens with zero attached hydrogens (tertiary/aromatic N) is 2. The third kappa shape index (κ3) is 4.05. The van der Waals surface area contributed by atoms with Crippen molar-refractivity contribution in [1.82, 2.24) is 10.2 Å². The lowest BCUT2D eigenvalue weighted by atomic mass is 9.89. The number of amidine groups is 1. The van der Waals surface area contributed by atoms with Crippen molar-refractivity contribution in [2.75, 3.05) is 34.0 Å². The van der Waals surface area contributed by atoms with E-state index in [1.165, 1.54) is 0 Å². The summed E-state index contributed by atoms with van der Waals surface area (Å²) in [5, 5.41) is 3.07. The van der Waals surface area contributed by atoms with Crippen LogP contribution >= 0.6 is 0 Å². The smallest absolute Gasteiger partial charge is 0.236 e. The average Bonchev–Trinajstić information content (AvgIpc) is 3.56. The summed E-state index contributed by atoms with van der Waals surface area (Å²) in [6.45, 7) is 3.87. The molecule has 1 aliphatic carbocycles. The van der Waals surface area contributed by atoms with Gasteiger partial charge < -0.3 is 19.5 Å². The van der Waals surface area contributed by atoms with E-state index in [0.29, 0.717) is 18.1 Å². The van der Waals surface area contributed by atoms with Crippen LogP contribution in [-0.4, -0.2) is 50.7 Å². The van der Waals surface area contributed by atoms with Crippen molar-refractivity contribution in [2.24, 2.45) is 10.9 Å². The number of ether oxygens (including phenoxy) is 3. The Kier molecular flexibility index (Phi) is 6.04. The van der Waals surface area contributed by atoms with Crippen molar-refractivity contribution < 1.29 is 19.0 Å². The maximum absolute atomic E-state index is 13.2. The van der Waals surface area contributed by atoms with Gasteiger partial charge in [0.15, 0.2) is 11.5 Å². The minimum atomic E-state index is -0.517. The summed E-state index contributed by atoms with van der Waals surface area (Å²) < 4.78 is 16.6. The van der Waals surface area contributed by atoms with Gasteiger partial charge in [-0.25, -0.2) is 0 Å². The van der Waals surface area contributed by atoms with Crippen LogP contribution in [-0.2, 0) is 10.2 Å². The van der Waals surface area contributed by atoms with E-state index in [9.17, 15) is 4.79 Å². The second-order valence-corrected chi connectivity index (χ2v) is 9.11. The molecular formula is C27H31N3O4. The molecule has 0 radical (unpaired) electrons. The Bertz CT molecular complexity index is 1140. The van der Waals surface area contributed by atoms with Gasteiger partial charge in [0.25, 0.3) is 0 Å². The zero-order valence-corrected chi connectivity index (χ0v) is 19.9. The van der Waals surface area contributed by atoms with Crippen LogP contribution in [0, 0.1) is 5.92 Å². The van der Waals surface area contributed by atoms with Gasteiger partial charge in [0.2, 0.25) is 12.7 Å². The topological polar surface area (TPSA) is 72.4 Å². The van der Waals surface area contributed by atoms with E-state index in [0.717, 1.165) is 42.0 Å².